The molecule has 0 aromatic heterocycles. The molecule has 1 saturated carbocycles. The summed E-state index contributed by atoms with van der Waals surface area (Å²) in [5, 5.41) is 3.57. The first-order valence-electron chi connectivity index (χ1n) is 7.43. The second-order valence-corrected chi connectivity index (χ2v) is 6.48. The molecule has 2 heteroatoms. The summed E-state index contributed by atoms with van der Waals surface area (Å²) < 4.78 is 0. The maximum absolute atomic E-state index is 3.57. The van der Waals surface area contributed by atoms with Gasteiger partial charge in [-0.3, -0.25) is 4.90 Å². The summed E-state index contributed by atoms with van der Waals surface area (Å²) in [5.74, 6) is 1.71. The van der Waals surface area contributed by atoms with Crippen molar-refractivity contribution in [1.82, 2.24) is 10.2 Å². The summed E-state index contributed by atoms with van der Waals surface area (Å²) in [6, 6.07) is 1.48. The Labute approximate surface area is 108 Å². The molecule has 1 aliphatic carbocycles. The Morgan fingerprint density at radius 3 is 2.18 bits per heavy atom. The molecule has 17 heavy (non-hydrogen) atoms. The van der Waals surface area contributed by atoms with Gasteiger partial charge in [0, 0.05) is 18.6 Å². The smallest absolute Gasteiger partial charge is 0.0192 e. The minimum atomic E-state index is 0.659. The van der Waals surface area contributed by atoms with Gasteiger partial charge in [-0.15, -0.1) is 0 Å². The molecule has 1 N–H and O–H groups in total. The van der Waals surface area contributed by atoms with Crippen LogP contribution in [0.5, 0.6) is 0 Å². The van der Waals surface area contributed by atoms with Crippen LogP contribution in [0.1, 0.15) is 53.4 Å². The van der Waals surface area contributed by atoms with Crippen LogP contribution in [-0.2, 0) is 0 Å². The highest BCUT2D eigenvalue weighted by Gasteiger charge is 2.24. The van der Waals surface area contributed by atoms with E-state index in [4.69, 9.17) is 0 Å². The molecule has 102 valence electrons. The fourth-order valence-electron chi connectivity index (χ4n) is 2.73. The normalized spacial score (nSPS) is 27.7. The monoisotopic (exact) mass is 240 g/mol. The molecular formula is C15H32N2. The van der Waals surface area contributed by atoms with Crippen LogP contribution < -0.4 is 5.32 Å². The average Bonchev–Trinajstić information content (AvgIpc) is 2.28. The Morgan fingerprint density at radius 2 is 1.65 bits per heavy atom. The van der Waals surface area contributed by atoms with E-state index in [0.717, 1.165) is 31.0 Å². The van der Waals surface area contributed by atoms with Crippen LogP contribution in [0.4, 0.5) is 0 Å². The maximum Gasteiger partial charge on any atom is 0.0192 e. The van der Waals surface area contributed by atoms with Crippen LogP contribution in [0, 0.1) is 11.8 Å². The van der Waals surface area contributed by atoms with Crippen LogP contribution in [-0.4, -0.2) is 37.1 Å². The van der Waals surface area contributed by atoms with Crippen molar-refractivity contribution in [3.63, 3.8) is 0 Å². The third-order valence-corrected chi connectivity index (χ3v) is 4.25. The van der Waals surface area contributed by atoms with E-state index < -0.39 is 0 Å². The number of hydrogen-bond acceptors (Lipinski definition) is 2. The highest BCUT2D eigenvalue weighted by molar-refractivity contribution is 4.80. The van der Waals surface area contributed by atoms with Gasteiger partial charge in [-0.25, -0.2) is 0 Å². The molecule has 0 amide bonds. The predicted octanol–water partition coefficient (Wildman–Crippen LogP) is 3.13. The van der Waals surface area contributed by atoms with E-state index in [2.05, 4.69) is 45.0 Å². The van der Waals surface area contributed by atoms with Crippen LogP contribution in [0.3, 0.4) is 0 Å². The van der Waals surface area contributed by atoms with Gasteiger partial charge < -0.3 is 5.32 Å². The van der Waals surface area contributed by atoms with Gasteiger partial charge in [-0.1, -0.05) is 20.8 Å². The van der Waals surface area contributed by atoms with Crippen LogP contribution in [0.25, 0.3) is 0 Å². The molecule has 0 heterocycles. The summed E-state index contributed by atoms with van der Waals surface area (Å²) in [4.78, 5) is 2.60. The van der Waals surface area contributed by atoms with Gasteiger partial charge in [-0.2, -0.15) is 0 Å². The molecule has 0 radical (unpaired) electrons. The molecule has 1 atom stereocenters. The van der Waals surface area contributed by atoms with E-state index >= 15 is 0 Å². The molecule has 1 unspecified atom stereocenters. The zero-order valence-electron chi connectivity index (χ0n) is 12.5. The average molecular weight is 240 g/mol. The van der Waals surface area contributed by atoms with E-state index in [0.29, 0.717) is 6.04 Å². The van der Waals surface area contributed by atoms with E-state index in [1.807, 2.05) is 0 Å². The lowest BCUT2D eigenvalue weighted by atomic mass is 9.86. The van der Waals surface area contributed by atoms with E-state index in [1.54, 1.807) is 0 Å². The highest BCUT2D eigenvalue weighted by Crippen LogP contribution is 2.27. The molecular weight excluding hydrogens is 208 g/mol. The van der Waals surface area contributed by atoms with Crippen molar-refractivity contribution in [2.45, 2.75) is 65.5 Å². The van der Waals surface area contributed by atoms with Gasteiger partial charge in [0.25, 0.3) is 0 Å². The Hall–Kier alpha value is -0.0800. The number of hydrogen-bond donors (Lipinski definition) is 1. The van der Waals surface area contributed by atoms with E-state index in [-0.39, 0.29) is 0 Å². The molecule has 1 fully saturated rings. The van der Waals surface area contributed by atoms with Crippen LogP contribution in [0.15, 0.2) is 0 Å². The number of rotatable bonds is 6. The summed E-state index contributed by atoms with van der Waals surface area (Å²) in [7, 11) is 2.31. The largest absolute Gasteiger partial charge is 0.315 e. The van der Waals surface area contributed by atoms with Crippen molar-refractivity contribution in [2.24, 2.45) is 11.8 Å². The van der Waals surface area contributed by atoms with Crippen LogP contribution in [0.2, 0.25) is 0 Å². The second kappa shape index (κ2) is 7.38. The number of nitrogens with zero attached hydrogens (tertiary/aromatic N) is 1. The minimum absolute atomic E-state index is 0.659. The Kier molecular flexibility index (Phi) is 6.50. The fraction of sp³-hybridized carbons (Fsp3) is 1.00. The first-order chi connectivity index (χ1) is 8.00. The van der Waals surface area contributed by atoms with E-state index in [1.165, 1.54) is 25.7 Å². The maximum atomic E-state index is 3.57. The van der Waals surface area contributed by atoms with Crippen molar-refractivity contribution in [2.75, 3.05) is 20.1 Å². The minimum Gasteiger partial charge on any atom is -0.315 e. The fourth-order valence-corrected chi connectivity index (χ4v) is 2.73. The van der Waals surface area contributed by atoms with Gasteiger partial charge in [-0.05, 0) is 58.0 Å². The van der Waals surface area contributed by atoms with Gasteiger partial charge in [0.1, 0.15) is 0 Å². The van der Waals surface area contributed by atoms with Crippen molar-refractivity contribution >= 4 is 0 Å². The summed E-state index contributed by atoms with van der Waals surface area (Å²) >= 11 is 0. The topological polar surface area (TPSA) is 15.3 Å². The first-order valence-corrected chi connectivity index (χ1v) is 7.43. The SMILES string of the molecule is CC(C)CNCC(C)N(C)C1CCC(C)CC1. The standard InChI is InChI=1S/C15H32N2/c1-12(2)10-16-11-14(4)17(5)15-8-6-13(3)7-9-15/h12-16H,6-11H2,1-5H3. The highest BCUT2D eigenvalue weighted by atomic mass is 15.2. The van der Waals surface area contributed by atoms with Crippen molar-refractivity contribution in [3.8, 4) is 0 Å². The van der Waals surface area contributed by atoms with Crippen molar-refractivity contribution in [3.05, 3.63) is 0 Å². The van der Waals surface area contributed by atoms with E-state index in [9.17, 15) is 0 Å². The molecule has 2 nitrogen and oxygen atoms in total. The molecule has 1 rings (SSSR count). The first kappa shape index (κ1) is 15.0. The Morgan fingerprint density at radius 1 is 1.06 bits per heavy atom. The molecule has 0 saturated heterocycles. The van der Waals surface area contributed by atoms with Crippen molar-refractivity contribution in [1.29, 1.82) is 0 Å². The van der Waals surface area contributed by atoms with Gasteiger partial charge in [0.05, 0.1) is 0 Å². The molecule has 0 aliphatic heterocycles. The third kappa shape index (κ3) is 5.39. The molecule has 0 spiro atoms. The molecule has 1 aliphatic rings. The van der Waals surface area contributed by atoms with Gasteiger partial charge in [0.15, 0.2) is 0 Å². The molecule has 0 aromatic carbocycles. The lowest BCUT2D eigenvalue weighted by Gasteiger charge is -2.37. The zero-order chi connectivity index (χ0) is 12.8. The summed E-state index contributed by atoms with van der Waals surface area (Å²) in [6.45, 7) is 11.5. The van der Waals surface area contributed by atoms with Gasteiger partial charge >= 0.3 is 0 Å². The van der Waals surface area contributed by atoms with Crippen molar-refractivity contribution < 1.29 is 0 Å². The van der Waals surface area contributed by atoms with Crippen LogP contribution >= 0.6 is 0 Å². The Balaban J connectivity index is 2.23. The third-order valence-electron chi connectivity index (χ3n) is 4.25. The lowest BCUT2D eigenvalue weighted by molar-refractivity contribution is 0.129. The predicted molar refractivity (Wildman–Crippen MR) is 76.4 cm³/mol. The number of likely N-dealkylation sites (N-methyl/N-ethyl adjacent to an activating group) is 1. The second-order valence-electron chi connectivity index (χ2n) is 6.48. The Bertz CT molecular complexity index is 195. The molecule has 0 bridgehead atoms. The quantitative estimate of drug-likeness (QED) is 0.767. The summed E-state index contributed by atoms with van der Waals surface area (Å²) in [6.07, 6.45) is 5.63. The number of nitrogens with one attached hydrogen (secondary N) is 1. The lowest BCUT2D eigenvalue weighted by Crippen LogP contribution is -2.45. The summed E-state index contributed by atoms with van der Waals surface area (Å²) in [5.41, 5.74) is 0. The zero-order valence-corrected chi connectivity index (χ0v) is 12.5. The molecule has 0 aromatic rings. The van der Waals surface area contributed by atoms with Gasteiger partial charge in [0.2, 0.25) is 0 Å².